The molecule has 2 rings (SSSR count). The first-order valence-electron chi connectivity index (χ1n) is 5.12. The summed E-state index contributed by atoms with van der Waals surface area (Å²) in [6.07, 6.45) is 1.00. The summed E-state index contributed by atoms with van der Waals surface area (Å²) in [6, 6.07) is 3.28. The Bertz CT molecular complexity index is 387. The normalized spacial score (nSPS) is 25.0. The first-order valence-corrected chi connectivity index (χ1v) is 5.12. The van der Waals surface area contributed by atoms with Gasteiger partial charge in [-0.3, -0.25) is 0 Å². The molecule has 0 amide bonds. The van der Waals surface area contributed by atoms with Crippen molar-refractivity contribution in [2.24, 2.45) is 17.1 Å². The van der Waals surface area contributed by atoms with Crippen LogP contribution < -0.4 is 5.73 Å². The van der Waals surface area contributed by atoms with Crippen LogP contribution >= 0.6 is 0 Å². The Morgan fingerprint density at radius 2 is 2.00 bits per heavy atom. The van der Waals surface area contributed by atoms with E-state index in [1.54, 1.807) is 0 Å². The van der Waals surface area contributed by atoms with Gasteiger partial charge in [-0.05, 0) is 23.8 Å². The largest absolute Gasteiger partial charge is 0.324 e. The summed E-state index contributed by atoms with van der Waals surface area (Å²) in [5, 5.41) is 0. The maximum absolute atomic E-state index is 13.4. The first-order chi connectivity index (χ1) is 6.92. The minimum atomic E-state index is -0.557. The predicted octanol–water partition coefficient (Wildman–Crippen LogP) is 3.01. The van der Waals surface area contributed by atoms with Gasteiger partial charge in [0.1, 0.15) is 11.6 Å². The number of hydrogen-bond donors (Lipinski definition) is 1. The molecule has 1 aromatic carbocycles. The number of rotatable bonds is 2. The smallest absolute Gasteiger partial charge is 0.130 e. The molecule has 1 aromatic rings. The molecule has 1 saturated carbocycles. The van der Waals surface area contributed by atoms with E-state index in [0.29, 0.717) is 11.5 Å². The minimum Gasteiger partial charge on any atom is -0.324 e. The van der Waals surface area contributed by atoms with Crippen molar-refractivity contribution >= 4 is 0 Å². The van der Waals surface area contributed by atoms with Gasteiger partial charge in [0.15, 0.2) is 0 Å². The Hall–Kier alpha value is -0.960. The topological polar surface area (TPSA) is 26.0 Å². The fourth-order valence-electron chi connectivity index (χ4n) is 2.11. The fraction of sp³-hybridized carbons (Fsp3) is 0.500. The van der Waals surface area contributed by atoms with Gasteiger partial charge in [-0.15, -0.1) is 0 Å². The molecule has 0 aliphatic heterocycles. The van der Waals surface area contributed by atoms with Crippen LogP contribution in [0.5, 0.6) is 0 Å². The van der Waals surface area contributed by atoms with Crippen molar-refractivity contribution in [3.05, 3.63) is 35.4 Å². The van der Waals surface area contributed by atoms with Gasteiger partial charge in [-0.1, -0.05) is 19.9 Å². The first kappa shape index (κ1) is 10.6. The van der Waals surface area contributed by atoms with Crippen LogP contribution in [0, 0.1) is 23.0 Å². The van der Waals surface area contributed by atoms with Gasteiger partial charge in [0.05, 0.1) is 0 Å². The summed E-state index contributed by atoms with van der Waals surface area (Å²) < 4.78 is 26.1. The molecular weight excluding hydrogens is 196 g/mol. The van der Waals surface area contributed by atoms with Crippen LogP contribution in [0.15, 0.2) is 18.2 Å². The van der Waals surface area contributed by atoms with E-state index in [1.165, 1.54) is 12.1 Å². The van der Waals surface area contributed by atoms with Gasteiger partial charge in [0.25, 0.3) is 0 Å². The maximum atomic E-state index is 13.4. The molecule has 3 heteroatoms. The Morgan fingerprint density at radius 3 is 2.47 bits per heavy atom. The van der Waals surface area contributed by atoms with Gasteiger partial charge < -0.3 is 5.73 Å². The zero-order valence-electron chi connectivity index (χ0n) is 8.93. The highest BCUT2D eigenvalue weighted by molar-refractivity contribution is 5.25. The van der Waals surface area contributed by atoms with Crippen LogP contribution in [0.4, 0.5) is 8.78 Å². The molecule has 0 spiro atoms. The van der Waals surface area contributed by atoms with Crippen molar-refractivity contribution in [1.29, 1.82) is 0 Å². The second kappa shape index (κ2) is 3.27. The molecule has 0 saturated heterocycles. The molecule has 2 atom stereocenters. The average Bonchev–Trinajstić information content (AvgIpc) is 2.74. The Morgan fingerprint density at radius 1 is 1.40 bits per heavy atom. The van der Waals surface area contributed by atoms with Crippen LogP contribution in [0.25, 0.3) is 0 Å². The van der Waals surface area contributed by atoms with E-state index in [2.05, 4.69) is 13.8 Å². The summed E-state index contributed by atoms with van der Waals surface area (Å²) >= 11 is 0. The zero-order valence-corrected chi connectivity index (χ0v) is 8.93. The van der Waals surface area contributed by atoms with Gasteiger partial charge in [0.2, 0.25) is 0 Å². The molecule has 0 heterocycles. The highest BCUT2D eigenvalue weighted by Gasteiger charge is 2.49. The standard InChI is InChI=1S/C12H15F2N/c1-12(2)6-9(12)11(15)8-4-3-7(13)5-10(8)14/h3-5,9,11H,6,15H2,1-2H3. The monoisotopic (exact) mass is 211 g/mol. The van der Waals surface area contributed by atoms with E-state index >= 15 is 0 Å². The molecule has 2 unspecified atom stereocenters. The van der Waals surface area contributed by atoms with Gasteiger partial charge in [-0.2, -0.15) is 0 Å². The molecule has 0 bridgehead atoms. The maximum Gasteiger partial charge on any atom is 0.130 e. The second-order valence-electron chi connectivity index (χ2n) is 4.99. The Labute approximate surface area is 88.3 Å². The van der Waals surface area contributed by atoms with Gasteiger partial charge >= 0.3 is 0 Å². The molecule has 1 nitrogen and oxygen atoms in total. The van der Waals surface area contributed by atoms with Crippen LogP contribution in [-0.4, -0.2) is 0 Å². The summed E-state index contributed by atoms with van der Waals surface area (Å²) in [7, 11) is 0. The lowest BCUT2D eigenvalue weighted by molar-refractivity contribution is 0.470. The Kier molecular flexibility index (Phi) is 2.30. The molecule has 1 aliphatic rings. The van der Waals surface area contributed by atoms with E-state index in [0.717, 1.165) is 12.5 Å². The molecule has 1 aliphatic carbocycles. The summed E-state index contributed by atoms with van der Waals surface area (Å²) in [5.74, 6) is -0.791. The Balaban J connectivity index is 2.23. The fourth-order valence-corrected chi connectivity index (χ4v) is 2.11. The van der Waals surface area contributed by atoms with Crippen LogP contribution in [0.1, 0.15) is 31.9 Å². The number of nitrogens with two attached hydrogens (primary N) is 1. The minimum absolute atomic E-state index is 0.195. The quantitative estimate of drug-likeness (QED) is 0.799. The zero-order chi connectivity index (χ0) is 11.2. The van der Waals surface area contributed by atoms with Crippen molar-refractivity contribution in [1.82, 2.24) is 0 Å². The van der Waals surface area contributed by atoms with E-state index in [9.17, 15) is 8.78 Å². The molecule has 15 heavy (non-hydrogen) atoms. The van der Waals surface area contributed by atoms with E-state index < -0.39 is 11.6 Å². The highest BCUT2D eigenvalue weighted by atomic mass is 19.1. The second-order valence-corrected chi connectivity index (χ2v) is 4.99. The van der Waals surface area contributed by atoms with E-state index in [4.69, 9.17) is 5.73 Å². The lowest BCUT2D eigenvalue weighted by atomic mass is 9.97. The van der Waals surface area contributed by atoms with E-state index in [-0.39, 0.29) is 11.5 Å². The molecule has 0 radical (unpaired) electrons. The number of benzene rings is 1. The summed E-state index contributed by atoms with van der Waals surface area (Å²) in [5.41, 5.74) is 6.58. The van der Waals surface area contributed by atoms with Crippen molar-refractivity contribution < 1.29 is 8.78 Å². The number of halogens is 2. The van der Waals surface area contributed by atoms with E-state index in [1.807, 2.05) is 0 Å². The molecule has 1 fully saturated rings. The molecule has 0 aromatic heterocycles. The summed E-state index contributed by atoms with van der Waals surface area (Å²) in [4.78, 5) is 0. The third kappa shape index (κ3) is 1.88. The molecule has 82 valence electrons. The lowest BCUT2D eigenvalue weighted by Crippen LogP contribution is -2.17. The summed E-state index contributed by atoms with van der Waals surface area (Å²) in [6.45, 7) is 4.22. The van der Waals surface area contributed by atoms with Crippen molar-refractivity contribution in [3.63, 3.8) is 0 Å². The van der Waals surface area contributed by atoms with Crippen LogP contribution in [0.3, 0.4) is 0 Å². The van der Waals surface area contributed by atoms with Crippen LogP contribution in [0.2, 0.25) is 0 Å². The SMILES string of the molecule is CC1(C)CC1C(N)c1ccc(F)cc1F. The average molecular weight is 211 g/mol. The van der Waals surface area contributed by atoms with Gasteiger partial charge in [-0.25, -0.2) is 8.78 Å². The third-order valence-corrected chi connectivity index (χ3v) is 3.34. The van der Waals surface area contributed by atoms with Gasteiger partial charge in [0, 0.05) is 17.7 Å². The van der Waals surface area contributed by atoms with Crippen molar-refractivity contribution in [3.8, 4) is 0 Å². The third-order valence-electron chi connectivity index (χ3n) is 3.34. The van der Waals surface area contributed by atoms with Crippen molar-refractivity contribution in [2.75, 3.05) is 0 Å². The van der Waals surface area contributed by atoms with Crippen molar-refractivity contribution in [2.45, 2.75) is 26.3 Å². The lowest BCUT2D eigenvalue weighted by Gasteiger charge is -2.14. The molecule has 2 N–H and O–H groups in total. The molecular formula is C12H15F2N. The predicted molar refractivity (Wildman–Crippen MR) is 55.2 cm³/mol. The highest BCUT2D eigenvalue weighted by Crippen LogP contribution is 2.57. The number of hydrogen-bond acceptors (Lipinski definition) is 1. The van der Waals surface area contributed by atoms with Crippen LogP contribution in [-0.2, 0) is 0 Å².